The zero-order chi connectivity index (χ0) is 14.0. The minimum atomic E-state index is -1.15. The van der Waals surface area contributed by atoms with Gasteiger partial charge in [0, 0.05) is 19.9 Å². The predicted molar refractivity (Wildman–Crippen MR) is 68.8 cm³/mol. The van der Waals surface area contributed by atoms with Crippen LogP contribution >= 0.6 is 0 Å². The number of carboxylic acid groups (broad SMARTS) is 1. The molecule has 1 unspecified atom stereocenters. The summed E-state index contributed by atoms with van der Waals surface area (Å²) in [6.07, 6.45) is 1.43. The Kier molecular flexibility index (Phi) is 3.46. The third-order valence-corrected chi connectivity index (χ3v) is 3.70. The maximum atomic E-state index is 11.7. The molecular formula is C14H17NO4. The van der Waals surface area contributed by atoms with Crippen LogP contribution in [-0.4, -0.2) is 39.1 Å². The van der Waals surface area contributed by atoms with Crippen molar-refractivity contribution >= 4 is 11.9 Å². The Hall–Kier alpha value is -2.04. The summed E-state index contributed by atoms with van der Waals surface area (Å²) in [7, 11) is 0. The number of aromatic hydroxyl groups is 1. The lowest BCUT2D eigenvalue weighted by molar-refractivity contribution is -0.155. The Labute approximate surface area is 111 Å². The topological polar surface area (TPSA) is 77.8 Å². The summed E-state index contributed by atoms with van der Waals surface area (Å²) < 4.78 is 0. The van der Waals surface area contributed by atoms with Gasteiger partial charge in [0.2, 0.25) is 5.91 Å². The molecule has 1 saturated heterocycles. The molecule has 0 aromatic heterocycles. The maximum absolute atomic E-state index is 11.7. The van der Waals surface area contributed by atoms with Crippen LogP contribution in [0.4, 0.5) is 0 Å². The number of rotatable bonds is 3. The standard InChI is InChI=1S/C14H17NO4/c1-10(16)15-8-2-7-14(15,13(18)19)9-11-3-5-12(17)6-4-11/h3-6,17H,2,7-9H2,1H3,(H,18,19). The molecule has 0 radical (unpaired) electrons. The maximum Gasteiger partial charge on any atom is 0.329 e. The Morgan fingerprint density at radius 3 is 2.47 bits per heavy atom. The van der Waals surface area contributed by atoms with Crippen molar-refractivity contribution in [2.45, 2.75) is 31.7 Å². The van der Waals surface area contributed by atoms with E-state index in [1.54, 1.807) is 12.1 Å². The molecule has 102 valence electrons. The van der Waals surface area contributed by atoms with E-state index >= 15 is 0 Å². The van der Waals surface area contributed by atoms with Gasteiger partial charge in [-0.3, -0.25) is 4.79 Å². The van der Waals surface area contributed by atoms with Crippen LogP contribution in [0.5, 0.6) is 5.75 Å². The summed E-state index contributed by atoms with van der Waals surface area (Å²) in [6, 6.07) is 6.43. The van der Waals surface area contributed by atoms with Crippen molar-refractivity contribution < 1.29 is 19.8 Å². The van der Waals surface area contributed by atoms with E-state index in [1.807, 2.05) is 0 Å². The molecule has 1 heterocycles. The van der Waals surface area contributed by atoms with Gasteiger partial charge in [0.1, 0.15) is 11.3 Å². The van der Waals surface area contributed by atoms with E-state index < -0.39 is 11.5 Å². The highest BCUT2D eigenvalue weighted by atomic mass is 16.4. The number of carboxylic acids is 1. The lowest BCUT2D eigenvalue weighted by Gasteiger charge is -2.34. The quantitative estimate of drug-likeness (QED) is 0.864. The van der Waals surface area contributed by atoms with Crippen molar-refractivity contribution in [3.05, 3.63) is 29.8 Å². The van der Waals surface area contributed by atoms with Crippen molar-refractivity contribution in [1.82, 2.24) is 4.90 Å². The van der Waals surface area contributed by atoms with Crippen LogP contribution in [0.25, 0.3) is 0 Å². The summed E-state index contributed by atoms with van der Waals surface area (Å²) in [5.41, 5.74) is -0.351. The smallest absolute Gasteiger partial charge is 0.329 e. The monoisotopic (exact) mass is 263 g/mol. The third-order valence-electron chi connectivity index (χ3n) is 3.70. The number of likely N-dealkylation sites (tertiary alicyclic amines) is 1. The Morgan fingerprint density at radius 1 is 1.32 bits per heavy atom. The van der Waals surface area contributed by atoms with Crippen LogP contribution in [0, 0.1) is 0 Å². The van der Waals surface area contributed by atoms with Crippen LogP contribution in [0.15, 0.2) is 24.3 Å². The van der Waals surface area contributed by atoms with Crippen molar-refractivity contribution in [2.75, 3.05) is 6.54 Å². The van der Waals surface area contributed by atoms with E-state index in [9.17, 15) is 19.8 Å². The van der Waals surface area contributed by atoms with Gasteiger partial charge in [0.25, 0.3) is 0 Å². The first-order chi connectivity index (χ1) is 8.95. The summed E-state index contributed by atoms with van der Waals surface area (Å²) in [5, 5.41) is 18.8. The molecule has 1 aliphatic heterocycles. The average Bonchev–Trinajstić information content (AvgIpc) is 2.77. The van der Waals surface area contributed by atoms with E-state index in [0.29, 0.717) is 19.4 Å². The molecule has 2 N–H and O–H groups in total. The predicted octanol–water partition coefficient (Wildman–Crippen LogP) is 1.40. The van der Waals surface area contributed by atoms with Crippen molar-refractivity contribution in [3.63, 3.8) is 0 Å². The summed E-state index contributed by atoms with van der Waals surface area (Å²) >= 11 is 0. The zero-order valence-electron chi connectivity index (χ0n) is 10.8. The second kappa shape index (κ2) is 4.91. The van der Waals surface area contributed by atoms with Crippen molar-refractivity contribution in [2.24, 2.45) is 0 Å². The van der Waals surface area contributed by atoms with Crippen LogP contribution in [-0.2, 0) is 16.0 Å². The van der Waals surface area contributed by atoms with Gasteiger partial charge in [-0.25, -0.2) is 4.79 Å². The minimum absolute atomic E-state index is 0.142. The number of hydrogen-bond donors (Lipinski definition) is 2. The molecule has 19 heavy (non-hydrogen) atoms. The van der Waals surface area contributed by atoms with E-state index in [2.05, 4.69) is 0 Å². The van der Waals surface area contributed by atoms with Gasteiger partial charge in [-0.15, -0.1) is 0 Å². The normalized spacial score (nSPS) is 22.5. The lowest BCUT2D eigenvalue weighted by Crippen LogP contribution is -2.54. The first-order valence-electron chi connectivity index (χ1n) is 6.25. The van der Waals surface area contributed by atoms with Crippen molar-refractivity contribution in [1.29, 1.82) is 0 Å². The fourth-order valence-electron chi connectivity index (χ4n) is 2.77. The first kappa shape index (κ1) is 13.4. The van der Waals surface area contributed by atoms with E-state index in [4.69, 9.17) is 0 Å². The molecule has 1 atom stereocenters. The second-order valence-electron chi connectivity index (χ2n) is 4.95. The van der Waals surface area contributed by atoms with Crippen LogP contribution in [0.3, 0.4) is 0 Å². The number of nitrogens with zero attached hydrogens (tertiary/aromatic N) is 1. The molecule has 1 aromatic rings. The number of phenols is 1. The highest BCUT2D eigenvalue weighted by molar-refractivity contribution is 5.87. The Morgan fingerprint density at radius 2 is 1.95 bits per heavy atom. The second-order valence-corrected chi connectivity index (χ2v) is 4.95. The number of amides is 1. The average molecular weight is 263 g/mol. The van der Waals surface area contributed by atoms with Gasteiger partial charge in [0.05, 0.1) is 0 Å². The van der Waals surface area contributed by atoms with Crippen LogP contribution in [0.1, 0.15) is 25.3 Å². The van der Waals surface area contributed by atoms with E-state index in [0.717, 1.165) is 5.56 Å². The number of carbonyl (C=O) groups excluding carboxylic acids is 1. The third kappa shape index (κ3) is 2.41. The van der Waals surface area contributed by atoms with E-state index in [-0.39, 0.29) is 18.1 Å². The van der Waals surface area contributed by atoms with Crippen molar-refractivity contribution in [3.8, 4) is 5.75 Å². The molecule has 1 aliphatic rings. The van der Waals surface area contributed by atoms with Gasteiger partial charge in [-0.05, 0) is 30.5 Å². The van der Waals surface area contributed by atoms with Gasteiger partial charge in [-0.2, -0.15) is 0 Å². The SMILES string of the molecule is CC(=O)N1CCCC1(Cc1ccc(O)cc1)C(=O)O. The molecule has 5 nitrogen and oxygen atoms in total. The molecule has 0 saturated carbocycles. The molecule has 0 bridgehead atoms. The number of carbonyl (C=O) groups is 2. The van der Waals surface area contributed by atoms with E-state index in [1.165, 1.54) is 24.0 Å². The molecule has 0 aliphatic carbocycles. The molecular weight excluding hydrogens is 246 g/mol. The summed E-state index contributed by atoms with van der Waals surface area (Å²) in [5.74, 6) is -1.03. The summed E-state index contributed by atoms with van der Waals surface area (Å²) in [6.45, 7) is 1.89. The zero-order valence-corrected chi connectivity index (χ0v) is 10.8. The van der Waals surface area contributed by atoms with Gasteiger partial charge in [0.15, 0.2) is 0 Å². The number of hydrogen-bond acceptors (Lipinski definition) is 3. The lowest BCUT2D eigenvalue weighted by atomic mass is 9.88. The largest absolute Gasteiger partial charge is 0.508 e. The number of phenolic OH excluding ortho intramolecular Hbond substituents is 1. The minimum Gasteiger partial charge on any atom is -0.508 e. The van der Waals surface area contributed by atoms with Gasteiger partial charge < -0.3 is 15.1 Å². The number of aliphatic carboxylic acids is 1. The molecule has 2 rings (SSSR count). The summed E-state index contributed by atoms with van der Waals surface area (Å²) in [4.78, 5) is 24.7. The van der Waals surface area contributed by atoms with Gasteiger partial charge in [-0.1, -0.05) is 12.1 Å². The first-order valence-corrected chi connectivity index (χ1v) is 6.25. The molecule has 5 heteroatoms. The molecule has 1 aromatic carbocycles. The highest BCUT2D eigenvalue weighted by Crippen LogP contribution is 2.33. The Balaban J connectivity index is 2.32. The fraction of sp³-hybridized carbons (Fsp3) is 0.429. The van der Waals surface area contributed by atoms with Gasteiger partial charge >= 0.3 is 5.97 Å². The van der Waals surface area contributed by atoms with Crippen LogP contribution in [0.2, 0.25) is 0 Å². The number of benzene rings is 1. The Bertz CT molecular complexity index is 497. The molecule has 1 amide bonds. The molecule has 1 fully saturated rings. The fourth-order valence-corrected chi connectivity index (χ4v) is 2.77. The highest BCUT2D eigenvalue weighted by Gasteiger charge is 2.48. The van der Waals surface area contributed by atoms with Crippen LogP contribution < -0.4 is 0 Å². The molecule has 0 spiro atoms.